The van der Waals surface area contributed by atoms with Crippen molar-refractivity contribution < 1.29 is 18.0 Å². The van der Waals surface area contributed by atoms with Gasteiger partial charge in [0.15, 0.2) is 0 Å². The zero-order valence-corrected chi connectivity index (χ0v) is 18.9. The summed E-state index contributed by atoms with van der Waals surface area (Å²) in [5.41, 5.74) is 1.15. The van der Waals surface area contributed by atoms with Crippen molar-refractivity contribution in [3.8, 4) is 0 Å². The van der Waals surface area contributed by atoms with Crippen molar-refractivity contribution in [2.45, 2.75) is 37.0 Å². The normalized spacial score (nSPS) is 18.6. The van der Waals surface area contributed by atoms with Gasteiger partial charge in [-0.05, 0) is 55.7 Å². The second-order valence-electron chi connectivity index (χ2n) is 8.19. The molecule has 2 aromatic carbocycles. The molecule has 0 atom stereocenters. The van der Waals surface area contributed by atoms with E-state index in [1.165, 1.54) is 0 Å². The van der Waals surface area contributed by atoms with Crippen LogP contribution in [0.3, 0.4) is 0 Å². The molecule has 0 aromatic heterocycles. The second kappa shape index (κ2) is 11.8. The Labute approximate surface area is 190 Å². The van der Waals surface area contributed by atoms with Crippen molar-refractivity contribution in [3.63, 3.8) is 0 Å². The van der Waals surface area contributed by atoms with Crippen molar-refractivity contribution in [1.82, 2.24) is 15.4 Å². The molecule has 0 spiro atoms. The van der Waals surface area contributed by atoms with Gasteiger partial charge in [-0.15, -0.1) is 0 Å². The van der Waals surface area contributed by atoms with E-state index < -0.39 is 10.0 Å². The summed E-state index contributed by atoms with van der Waals surface area (Å²) in [6.45, 7) is 0.878. The lowest BCUT2D eigenvalue weighted by molar-refractivity contribution is -0.129. The minimum atomic E-state index is -3.51. The molecule has 0 saturated heterocycles. The number of amides is 2. The van der Waals surface area contributed by atoms with E-state index in [1.54, 1.807) is 30.3 Å². The molecule has 0 unspecified atom stereocenters. The number of hydrogen-bond donors (Lipinski definition) is 3. The van der Waals surface area contributed by atoms with Crippen LogP contribution in [0.1, 0.15) is 31.2 Å². The molecule has 3 rings (SSSR count). The van der Waals surface area contributed by atoms with Gasteiger partial charge in [-0.1, -0.05) is 48.5 Å². The molecule has 0 aliphatic heterocycles. The van der Waals surface area contributed by atoms with Crippen LogP contribution in [-0.4, -0.2) is 39.9 Å². The number of hydrogen-bond acceptors (Lipinski definition) is 4. The van der Waals surface area contributed by atoms with Crippen LogP contribution in [0.15, 0.2) is 65.6 Å². The summed E-state index contributed by atoms with van der Waals surface area (Å²) < 4.78 is 27.4. The molecule has 0 radical (unpaired) electrons. The number of carbonyl (C=O) groups excluding carboxylic acids is 2. The molecule has 3 N–H and O–H groups in total. The van der Waals surface area contributed by atoms with Crippen LogP contribution in [0.4, 0.5) is 0 Å². The van der Waals surface area contributed by atoms with E-state index in [0.717, 1.165) is 24.8 Å². The Hall–Kier alpha value is -2.71. The summed E-state index contributed by atoms with van der Waals surface area (Å²) >= 11 is 0. The van der Waals surface area contributed by atoms with Crippen LogP contribution in [0.2, 0.25) is 0 Å². The maximum atomic E-state index is 12.4. The van der Waals surface area contributed by atoms with E-state index in [4.69, 9.17) is 0 Å². The summed E-state index contributed by atoms with van der Waals surface area (Å²) in [6, 6.07) is 18.2. The Morgan fingerprint density at radius 1 is 0.844 bits per heavy atom. The first-order valence-electron chi connectivity index (χ1n) is 11.1. The van der Waals surface area contributed by atoms with Crippen LogP contribution in [0.25, 0.3) is 0 Å². The van der Waals surface area contributed by atoms with Gasteiger partial charge in [-0.25, -0.2) is 13.1 Å². The SMILES string of the molecule is O=C(CNC(=O)C1CCC(CNS(=O)(=O)c2ccccc2)CC1)NCCc1ccccc1. The number of rotatable bonds is 10. The monoisotopic (exact) mass is 457 g/mol. The lowest BCUT2D eigenvalue weighted by Crippen LogP contribution is -2.41. The van der Waals surface area contributed by atoms with Crippen molar-refractivity contribution in [3.05, 3.63) is 66.2 Å². The zero-order chi connectivity index (χ0) is 22.8. The Balaban J connectivity index is 1.31. The van der Waals surface area contributed by atoms with Crippen molar-refractivity contribution >= 4 is 21.8 Å². The lowest BCUT2D eigenvalue weighted by Gasteiger charge is -2.27. The van der Waals surface area contributed by atoms with E-state index in [9.17, 15) is 18.0 Å². The van der Waals surface area contributed by atoms with Crippen LogP contribution in [0, 0.1) is 11.8 Å². The Morgan fingerprint density at radius 2 is 1.47 bits per heavy atom. The smallest absolute Gasteiger partial charge is 0.240 e. The molecule has 1 aliphatic rings. The van der Waals surface area contributed by atoms with Gasteiger partial charge in [0, 0.05) is 19.0 Å². The van der Waals surface area contributed by atoms with Gasteiger partial charge < -0.3 is 10.6 Å². The van der Waals surface area contributed by atoms with E-state index in [2.05, 4.69) is 15.4 Å². The summed E-state index contributed by atoms with van der Waals surface area (Å²) in [5, 5.41) is 5.55. The summed E-state index contributed by atoms with van der Waals surface area (Å²) in [6.07, 6.45) is 3.69. The highest BCUT2D eigenvalue weighted by Crippen LogP contribution is 2.28. The average Bonchev–Trinajstić information content (AvgIpc) is 2.83. The van der Waals surface area contributed by atoms with Gasteiger partial charge in [0.25, 0.3) is 0 Å². The van der Waals surface area contributed by atoms with Gasteiger partial charge in [-0.3, -0.25) is 9.59 Å². The molecule has 172 valence electrons. The predicted molar refractivity (Wildman–Crippen MR) is 123 cm³/mol. The fourth-order valence-electron chi connectivity index (χ4n) is 3.90. The Kier molecular flexibility index (Phi) is 8.81. The Morgan fingerprint density at radius 3 is 2.12 bits per heavy atom. The van der Waals surface area contributed by atoms with Crippen molar-refractivity contribution in [2.75, 3.05) is 19.6 Å². The summed E-state index contributed by atoms with van der Waals surface area (Å²) in [5.74, 6) is -0.224. The molecule has 2 amide bonds. The first-order valence-corrected chi connectivity index (χ1v) is 12.6. The highest BCUT2D eigenvalue weighted by Gasteiger charge is 2.27. The minimum absolute atomic E-state index is 0.0234. The summed E-state index contributed by atoms with van der Waals surface area (Å²) in [4.78, 5) is 24.6. The van der Waals surface area contributed by atoms with Crippen LogP contribution in [-0.2, 0) is 26.0 Å². The second-order valence-corrected chi connectivity index (χ2v) is 9.95. The van der Waals surface area contributed by atoms with Crippen molar-refractivity contribution in [2.24, 2.45) is 11.8 Å². The maximum absolute atomic E-state index is 12.4. The first kappa shape index (κ1) is 23.9. The third kappa shape index (κ3) is 7.46. The highest BCUT2D eigenvalue weighted by atomic mass is 32.2. The van der Waals surface area contributed by atoms with Crippen LogP contribution < -0.4 is 15.4 Å². The summed E-state index contributed by atoms with van der Waals surface area (Å²) in [7, 11) is -3.51. The average molecular weight is 458 g/mol. The largest absolute Gasteiger partial charge is 0.354 e. The molecule has 0 heterocycles. The van der Waals surface area contributed by atoms with E-state index in [-0.39, 0.29) is 35.1 Å². The fourth-order valence-corrected chi connectivity index (χ4v) is 5.04. The molecule has 32 heavy (non-hydrogen) atoms. The molecular weight excluding hydrogens is 426 g/mol. The van der Waals surface area contributed by atoms with Crippen LogP contribution in [0.5, 0.6) is 0 Å². The fraction of sp³-hybridized carbons (Fsp3) is 0.417. The number of carbonyl (C=O) groups is 2. The predicted octanol–water partition coefficient (Wildman–Crippen LogP) is 2.25. The standard InChI is InChI=1S/C24H31N3O4S/c28-23(25-16-15-19-7-3-1-4-8-19)18-26-24(29)21-13-11-20(12-14-21)17-27-32(30,31)22-9-5-2-6-10-22/h1-10,20-21,27H,11-18H2,(H,25,28)(H,26,29). The zero-order valence-electron chi connectivity index (χ0n) is 18.1. The van der Waals surface area contributed by atoms with Crippen molar-refractivity contribution in [1.29, 1.82) is 0 Å². The minimum Gasteiger partial charge on any atom is -0.354 e. The number of sulfonamides is 1. The van der Waals surface area contributed by atoms with Gasteiger partial charge >= 0.3 is 0 Å². The van der Waals surface area contributed by atoms with E-state index in [1.807, 2.05) is 30.3 Å². The molecule has 0 bridgehead atoms. The third-order valence-electron chi connectivity index (χ3n) is 5.83. The topological polar surface area (TPSA) is 104 Å². The van der Waals surface area contributed by atoms with Gasteiger partial charge in [0.1, 0.15) is 0 Å². The highest BCUT2D eigenvalue weighted by molar-refractivity contribution is 7.89. The lowest BCUT2D eigenvalue weighted by atomic mass is 9.81. The van der Waals surface area contributed by atoms with Gasteiger partial charge in [0.05, 0.1) is 11.4 Å². The molecule has 1 fully saturated rings. The van der Waals surface area contributed by atoms with Crippen LogP contribution >= 0.6 is 0 Å². The molecule has 7 nitrogen and oxygen atoms in total. The quantitative estimate of drug-likeness (QED) is 0.509. The van der Waals surface area contributed by atoms with Gasteiger partial charge in [0.2, 0.25) is 21.8 Å². The van der Waals surface area contributed by atoms with E-state index in [0.29, 0.717) is 25.9 Å². The maximum Gasteiger partial charge on any atom is 0.240 e. The van der Waals surface area contributed by atoms with E-state index >= 15 is 0 Å². The number of nitrogens with one attached hydrogen (secondary N) is 3. The molecule has 1 aliphatic carbocycles. The van der Waals surface area contributed by atoms with Gasteiger partial charge in [-0.2, -0.15) is 0 Å². The molecular formula is C24H31N3O4S. The number of benzene rings is 2. The molecule has 1 saturated carbocycles. The first-order chi connectivity index (χ1) is 15.4. The molecule has 2 aromatic rings. The third-order valence-corrected chi connectivity index (χ3v) is 7.27. The Bertz CT molecular complexity index is 973. The molecule has 8 heteroatoms.